The molecule has 1 aliphatic rings. The van der Waals surface area contributed by atoms with E-state index in [1.54, 1.807) is 24.3 Å². The molecule has 4 rings (SSSR count). The van der Waals surface area contributed by atoms with E-state index in [9.17, 15) is 19.5 Å². The van der Waals surface area contributed by atoms with Gasteiger partial charge in [0, 0.05) is 23.1 Å². The van der Waals surface area contributed by atoms with Crippen LogP contribution in [0.15, 0.2) is 77.3 Å². The van der Waals surface area contributed by atoms with Gasteiger partial charge in [-0.25, -0.2) is 4.79 Å². The second-order valence-corrected chi connectivity index (χ2v) is 8.91. The first kappa shape index (κ1) is 23.5. The van der Waals surface area contributed by atoms with Crippen molar-refractivity contribution in [3.05, 3.63) is 88.4 Å². The molecule has 3 aromatic rings. The Bertz CT molecular complexity index is 1180. The summed E-state index contributed by atoms with van der Waals surface area (Å²) in [5, 5.41) is 11.7. The predicted octanol–water partition coefficient (Wildman–Crippen LogP) is 4.79. The molecule has 34 heavy (non-hydrogen) atoms. The van der Waals surface area contributed by atoms with Crippen molar-refractivity contribution in [1.82, 2.24) is 5.32 Å². The average Bonchev–Trinajstić information content (AvgIpc) is 3.15. The summed E-state index contributed by atoms with van der Waals surface area (Å²) < 4.78 is 6.33. The van der Waals surface area contributed by atoms with E-state index in [4.69, 9.17) is 4.74 Å². The Kier molecular flexibility index (Phi) is 6.98. The van der Waals surface area contributed by atoms with Crippen molar-refractivity contribution < 1.29 is 24.2 Å². The van der Waals surface area contributed by atoms with Crippen LogP contribution in [0.25, 0.3) is 11.1 Å². The van der Waals surface area contributed by atoms with E-state index in [0.717, 1.165) is 26.7 Å². The number of anilines is 1. The SMILES string of the molecule is CN(C(=O)C(CC(=O)O)NC(=O)OCC1c2ccccc2-c2ccccc21)c1ccc(Br)cc1. The molecule has 0 aromatic heterocycles. The number of alkyl carbamates (subject to hydrolysis) is 1. The van der Waals surface area contributed by atoms with E-state index in [-0.39, 0.29) is 12.5 Å². The van der Waals surface area contributed by atoms with Gasteiger partial charge in [-0.1, -0.05) is 64.5 Å². The lowest BCUT2D eigenvalue weighted by molar-refractivity contribution is -0.139. The number of fused-ring (bicyclic) bond motifs is 3. The minimum Gasteiger partial charge on any atom is -0.481 e. The molecule has 0 saturated heterocycles. The highest BCUT2D eigenvalue weighted by Gasteiger charge is 2.31. The number of nitrogens with one attached hydrogen (secondary N) is 1. The first-order valence-corrected chi connectivity index (χ1v) is 11.5. The van der Waals surface area contributed by atoms with Crippen molar-refractivity contribution >= 4 is 39.6 Å². The third-order valence-corrected chi connectivity index (χ3v) is 6.39. The Balaban J connectivity index is 1.45. The molecular formula is C26H23BrN2O5. The largest absolute Gasteiger partial charge is 0.481 e. The van der Waals surface area contributed by atoms with E-state index >= 15 is 0 Å². The maximum atomic E-state index is 13.0. The average molecular weight is 523 g/mol. The topological polar surface area (TPSA) is 95.9 Å². The van der Waals surface area contributed by atoms with Gasteiger partial charge in [0.1, 0.15) is 12.6 Å². The van der Waals surface area contributed by atoms with Crippen molar-refractivity contribution in [2.75, 3.05) is 18.6 Å². The van der Waals surface area contributed by atoms with Crippen molar-refractivity contribution in [3.8, 4) is 11.1 Å². The number of hydrogen-bond acceptors (Lipinski definition) is 4. The van der Waals surface area contributed by atoms with E-state index in [0.29, 0.717) is 5.69 Å². The van der Waals surface area contributed by atoms with Crippen molar-refractivity contribution in [1.29, 1.82) is 0 Å². The fourth-order valence-electron chi connectivity index (χ4n) is 4.18. The zero-order chi connectivity index (χ0) is 24.2. The summed E-state index contributed by atoms with van der Waals surface area (Å²) in [6, 6.07) is 21.6. The molecule has 0 bridgehead atoms. The summed E-state index contributed by atoms with van der Waals surface area (Å²) in [5.74, 6) is -1.91. The molecule has 8 heteroatoms. The zero-order valence-electron chi connectivity index (χ0n) is 18.4. The lowest BCUT2D eigenvalue weighted by Crippen LogP contribution is -2.48. The maximum absolute atomic E-state index is 13.0. The fourth-order valence-corrected chi connectivity index (χ4v) is 4.45. The molecule has 1 aliphatic carbocycles. The van der Waals surface area contributed by atoms with E-state index in [1.807, 2.05) is 48.5 Å². The highest BCUT2D eigenvalue weighted by molar-refractivity contribution is 9.10. The van der Waals surface area contributed by atoms with Gasteiger partial charge in [0.25, 0.3) is 0 Å². The van der Waals surface area contributed by atoms with Crippen molar-refractivity contribution in [3.63, 3.8) is 0 Å². The van der Waals surface area contributed by atoms with Crippen LogP contribution < -0.4 is 10.2 Å². The van der Waals surface area contributed by atoms with Crippen molar-refractivity contribution in [2.45, 2.75) is 18.4 Å². The Hall–Kier alpha value is -3.65. The number of ether oxygens (including phenoxy) is 1. The van der Waals surface area contributed by atoms with Gasteiger partial charge < -0.3 is 20.1 Å². The van der Waals surface area contributed by atoms with Gasteiger partial charge in [0.05, 0.1) is 6.42 Å². The predicted molar refractivity (Wildman–Crippen MR) is 132 cm³/mol. The third kappa shape index (κ3) is 4.97. The molecule has 174 valence electrons. The molecule has 0 aliphatic heterocycles. The first-order valence-electron chi connectivity index (χ1n) is 10.7. The van der Waals surface area contributed by atoms with Crippen LogP contribution in [-0.2, 0) is 14.3 Å². The fraction of sp³-hybridized carbons (Fsp3) is 0.192. The number of benzene rings is 3. The van der Waals surface area contributed by atoms with Crippen LogP contribution in [0, 0.1) is 0 Å². The number of aliphatic carboxylic acids is 1. The first-order chi connectivity index (χ1) is 16.3. The summed E-state index contributed by atoms with van der Waals surface area (Å²) >= 11 is 3.34. The number of rotatable bonds is 7. The molecule has 2 amide bonds. The zero-order valence-corrected chi connectivity index (χ0v) is 20.0. The number of amides is 2. The van der Waals surface area contributed by atoms with Gasteiger partial charge in [-0.05, 0) is 46.5 Å². The van der Waals surface area contributed by atoms with E-state index in [2.05, 4.69) is 21.2 Å². The lowest BCUT2D eigenvalue weighted by atomic mass is 9.98. The van der Waals surface area contributed by atoms with Crippen LogP contribution >= 0.6 is 15.9 Å². The molecule has 1 unspecified atom stereocenters. The molecule has 7 nitrogen and oxygen atoms in total. The minimum absolute atomic E-state index is 0.0659. The van der Waals surface area contributed by atoms with Gasteiger partial charge >= 0.3 is 12.1 Å². The van der Waals surface area contributed by atoms with Crippen LogP contribution in [0.3, 0.4) is 0 Å². The van der Waals surface area contributed by atoms with Gasteiger partial charge in [0.15, 0.2) is 0 Å². The van der Waals surface area contributed by atoms with Crippen molar-refractivity contribution in [2.24, 2.45) is 0 Å². The molecule has 3 aromatic carbocycles. The maximum Gasteiger partial charge on any atom is 0.407 e. The number of hydrogen-bond donors (Lipinski definition) is 2. The smallest absolute Gasteiger partial charge is 0.407 e. The van der Waals surface area contributed by atoms with Crippen LogP contribution in [0.4, 0.5) is 10.5 Å². The molecule has 0 fully saturated rings. The molecule has 0 radical (unpaired) electrons. The Morgan fingerprint density at radius 2 is 1.53 bits per heavy atom. The third-order valence-electron chi connectivity index (χ3n) is 5.86. The van der Waals surface area contributed by atoms with Crippen LogP contribution in [0.1, 0.15) is 23.5 Å². The van der Waals surface area contributed by atoms with Gasteiger partial charge in [0.2, 0.25) is 5.91 Å². The number of carboxylic acids is 1. The van der Waals surface area contributed by atoms with Gasteiger partial charge in [-0.2, -0.15) is 0 Å². The summed E-state index contributed by atoms with van der Waals surface area (Å²) in [7, 11) is 1.53. The van der Waals surface area contributed by atoms with Gasteiger partial charge in [-0.15, -0.1) is 0 Å². The number of carboxylic acid groups (broad SMARTS) is 1. The Labute approximate surface area is 205 Å². The highest BCUT2D eigenvalue weighted by atomic mass is 79.9. The number of nitrogens with zero attached hydrogens (tertiary/aromatic N) is 1. The summed E-state index contributed by atoms with van der Waals surface area (Å²) in [4.78, 5) is 38.3. The van der Waals surface area contributed by atoms with Crippen LogP contribution in [0.2, 0.25) is 0 Å². The summed E-state index contributed by atoms with van der Waals surface area (Å²) in [5.41, 5.74) is 4.89. The number of halogens is 1. The molecule has 0 saturated carbocycles. The summed E-state index contributed by atoms with van der Waals surface area (Å²) in [6.45, 7) is 0.0659. The van der Waals surface area contributed by atoms with E-state index in [1.165, 1.54) is 11.9 Å². The van der Waals surface area contributed by atoms with Crippen LogP contribution in [-0.4, -0.2) is 42.8 Å². The van der Waals surface area contributed by atoms with E-state index < -0.39 is 30.4 Å². The number of likely N-dealkylation sites (N-methyl/N-ethyl adjacent to an activating group) is 1. The minimum atomic E-state index is -1.28. The standard InChI is InChI=1S/C26H23BrN2O5/c1-29(17-12-10-16(27)11-13-17)25(32)23(14-24(30)31)28-26(33)34-15-22-20-8-4-2-6-18(20)19-7-3-5-9-21(19)22/h2-13,22-23H,14-15H2,1H3,(H,28,33)(H,30,31). The second kappa shape index (κ2) is 10.1. The van der Waals surface area contributed by atoms with Crippen LogP contribution in [0.5, 0.6) is 0 Å². The number of carbonyl (C=O) groups is 3. The van der Waals surface area contributed by atoms with Gasteiger partial charge in [-0.3, -0.25) is 9.59 Å². The molecule has 2 N–H and O–H groups in total. The quantitative estimate of drug-likeness (QED) is 0.464. The molecule has 0 spiro atoms. The Morgan fingerprint density at radius 3 is 2.09 bits per heavy atom. The Morgan fingerprint density at radius 1 is 0.971 bits per heavy atom. The summed E-state index contributed by atoms with van der Waals surface area (Å²) in [6.07, 6.45) is -1.41. The second-order valence-electron chi connectivity index (χ2n) is 7.99. The molecule has 0 heterocycles. The lowest BCUT2D eigenvalue weighted by Gasteiger charge is -2.24. The number of carbonyl (C=O) groups excluding carboxylic acids is 2. The monoisotopic (exact) mass is 522 g/mol. The molecule has 1 atom stereocenters. The highest BCUT2D eigenvalue weighted by Crippen LogP contribution is 2.44. The normalized spacial score (nSPS) is 12.9. The molecular weight excluding hydrogens is 500 g/mol.